The summed E-state index contributed by atoms with van der Waals surface area (Å²) in [5.41, 5.74) is -4.81. The first-order valence-corrected chi connectivity index (χ1v) is 35.1. The van der Waals surface area contributed by atoms with Gasteiger partial charge in [-0.25, -0.2) is 4.79 Å². The summed E-state index contributed by atoms with van der Waals surface area (Å²) < 4.78 is 50.8. The molecule has 0 aromatic heterocycles. The monoisotopic (exact) mass is 1340 g/mol. The van der Waals surface area contributed by atoms with Crippen LogP contribution in [0.5, 0.6) is 5.75 Å². The maximum Gasteiger partial charge on any atom is 0.339 e. The molecule has 0 unspecified atom stereocenters. The van der Waals surface area contributed by atoms with Gasteiger partial charge in [-0.3, -0.25) is 9.59 Å². The predicted molar refractivity (Wildman–Crippen MR) is 356 cm³/mol. The first-order valence-electron chi connectivity index (χ1n) is 35.1. The van der Waals surface area contributed by atoms with Crippen LogP contribution in [0, 0.1) is 48.3 Å². The molecule has 1 aromatic carbocycles. The zero-order chi connectivity index (χ0) is 71.2. The van der Waals surface area contributed by atoms with Crippen molar-refractivity contribution < 1.29 is 98.2 Å². The van der Waals surface area contributed by atoms with E-state index >= 15 is 0 Å². The molecule has 0 aliphatic carbocycles. The van der Waals surface area contributed by atoms with Crippen LogP contribution < -0.4 is 0 Å². The number of aliphatic hydroxyl groups is 7. The molecule has 5 fully saturated rings. The Bertz CT molecular complexity index is 2590. The van der Waals surface area contributed by atoms with E-state index in [2.05, 4.69) is 13.8 Å². The summed E-state index contributed by atoms with van der Waals surface area (Å²) in [7, 11) is 7.12. The fraction of sp³-hybridized carbons (Fsp3) is 0.875. The molecule has 5 aliphatic heterocycles. The van der Waals surface area contributed by atoms with Gasteiger partial charge in [-0.2, -0.15) is 0 Å². The number of Topliss-reactive ketones (excluding diaryl/α,β-unsaturated/α-hetero) is 1. The number of aromatic carboxylic acids is 1. The molecule has 9 N–H and O–H groups in total. The van der Waals surface area contributed by atoms with Crippen molar-refractivity contribution in [3.8, 4) is 5.75 Å². The number of aliphatic hydroxyl groups excluding tert-OH is 4. The Hall–Kier alpha value is -3.01. The molecule has 0 spiro atoms. The van der Waals surface area contributed by atoms with Gasteiger partial charge in [0.05, 0.1) is 77.2 Å². The summed E-state index contributed by atoms with van der Waals surface area (Å²) in [5.74, 6) is -5.13. The molecule has 0 amide bonds. The number of hydrogen-bond acceptors (Lipinski definition) is 21. The van der Waals surface area contributed by atoms with Crippen molar-refractivity contribution in [1.29, 1.82) is 0 Å². The summed E-state index contributed by atoms with van der Waals surface area (Å²) in [6.07, 6.45) is -4.85. The van der Waals surface area contributed by atoms with Crippen LogP contribution in [0.25, 0.3) is 0 Å². The van der Waals surface area contributed by atoms with Gasteiger partial charge in [0.15, 0.2) is 12.6 Å². The maximum absolute atomic E-state index is 14.2. The van der Waals surface area contributed by atoms with Crippen molar-refractivity contribution in [3.05, 3.63) is 28.8 Å². The van der Waals surface area contributed by atoms with Crippen molar-refractivity contribution in [2.75, 3.05) is 34.8 Å². The largest absolute Gasteiger partial charge is 0.507 e. The number of ether oxygens (including phenoxy) is 8. The number of benzene rings is 1. The number of carboxylic acid groups (broad SMARTS) is 1. The van der Waals surface area contributed by atoms with Crippen LogP contribution in [-0.2, 0) is 53.9 Å². The second kappa shape index (κ2) is 33.4. The number of phenols is 1. The van der Waals surface area contributed by atoms with E-state index in [0.717, 1.165) is 12.8 Å². The predicted octanol–water partition coefficient (Wildman–Crippen LogP) is 7.74. The number of rotatable bonds is 20. The molecule has 5 heterocycles. The number of likely N-dealkylation sites (N-methyl/N-ethyl adjacent to an activating group) is 2. The number of carbonyl (C=O) groups excluding carboxylic acids is 2. The molecule has 544 valence electrons. The fourth-order valence-electron chi connectivity index (χ4n) is 16.2. The lowest BCUT2D eigenvalue weighted by atomic mass is 9.76. The summed E-state index contributed by atoms with van der Waals surface area (Å²) >= 11 is 0. The molecule has 5 saturated heterocycles. The van der Waals surface area contributed by atoms with Crippen LogP contribution in [0.15, 0.2) is 12.1 Å². The molecule has 0 radical (unpaired) electrons. The highest BCUT2D eigenvalue weighted by molar-refractivity contribution is 5.93. The molecular weight excluding hydrogens is 1210 g/mol. The molecule has 0 saturated carbocycles. The van der Waals surface area contributed by atoms with Crippen molar-refractivity contribution in [2.24, 2.45) is 41.4 Å². The minimum Gasteiger partial charge on any atom is -0.507 e. The Morgan fingerprint density at radius 1 is 0.872 bits per heavy atom. The van der Waals surface area contributed by atoms with E-state index in [1.165, 1.54) is 14.0 Å². The third-order valence-electron chi connectivity index (χ3n) is 22.9. The standard InChI is InChI=1S/C38H72N2O12.C34H54O8/c1-15-27-38(10,46)31(42)24(6)40(13)19-20(2)17-36(8,45)33(52-35-29(41)26(39(11)12)16-21(3)48-35)22(4)30(23(5)34(44)50-27)51-28-18-37(9,47-14)32(43)25(7)49-28;1-9-25(31-21(6)18-34(11-3,42-31)26-16-17-33(40,10-2)23(8)41-26)30(37)22(7)28(35)19(4)12-14-24-15-13-20(5)29(36)27(24)32(38)39/h20-33,35,41-43,45-46H,15-19H2,1-14H3;13,15,19,21-23,25-26,28,31,35-36,40H,9-12,14,16-18H2,1-8H3,(H,38,39)/t20-,21-,22+,23-,24-,25+,26+,27-,28+,29-,30+,31-,32+,33-,35+,36-,37-,38-;19-,21+,22+,23+,25-,26-,28+,31+,33-,34+/m11/s1. The summed E-state index contributed by atoms with van der Waals surface area (Å²) in [4.78, 5) is 43.7. The van der Waals surface area contributed by atoms with Crippen LogP contribution in [0.3, 0.4) is 0 Å². The van der Waals surface area contributed by atoms with Gasteiger partial charge in [-0.1, -0.05) is 74.4 Å². The number of esters is 1. The highest BCUT2D eigenvalue weighted by atomic mass is 16.7. The Balaban J connectivity index is 0.000000348. The molecule has 28 atom stereocenters. The molecular formula is C72H126N2O20. The van der Waals surface area contributed by atoms with Crippen LogP contribution in [0.1, 0.15) is 210 Å². The van der Waals surface area contributed by atoms with E-state index in [9.17, 15) is 60.3 Å². The highest BCUT2D eigenvalue weighted by Crippen LogP contribution is 2.49. The van der Waals surface area contributed by atoms with Crippen molar-refractivity contribution in [3.63, 3.8) is 0 Å². The van der Waals surface area contributed by atoms with E-state index in [0.29, 0.717) is 62.6 Å². The van der Waals surface area contributed by atoms with E-state index in [1.807, 2.05) is 79.4 Å². The molecule has 22 nitrogen and oxygen atoms in total. The Kier molecular flexibility index (Phi) is 29.0. The number of cyclic esters (lactones) is 1. The smallest absolute Gasteiger partial charge is 0.339 e. The molecule has 22 heteroatoms. The van der Waals surface area contributed by atoms with Gasteiger partial charge in [-0.15, -0.1) is 0 Å². The number of ketones is 1. The summed E-state index contributed by atoms with van der Waals surface area (Å²) in [5, 5.41) is 100. The quantitative estimate of drug-likeness (QED) is 0.0564. The summed E-state index contributed by atoms with van der Waals surface area (Å²) in [6.45, 7) is 33.5. The lowest BCUT2D eigenvalue weighted by molar-refractivity contribution is -0.318. The third kappa shape index (κ3) is 18.3. The molecule has 5 aliphatic rings. The van der Waals surface area contributed by atoms with Crippen LogP contribution in [-0.4, -0.2) is 234 Å². The first kappa shape index (κ1) is 81.7. The van der Waals surface area contributed by atoms with E-state index in [1.54, 1.807) is 67.5 Å². The SMILES string of the molecule is CC[C@H](C(=O)[C@@H](C)[C@@H](O)[C@H](C)CCc1ccc(C)c(O)c1C(=O)O)[C@H]1O[C@](CC)([C@H]2CC[C@](O)(CC)[C@H](C)O2)C[C@@H]1C.CC[C@H]1OC(=O)[C@H](C)[C@@H](O[C@H]2C[C@@](C)(OC)[C@@H](O)[C@H](C)O2)[C@H](C)[C@@H](O[C@@H]2O[C@H](C)C[C@H](N(C)C)[C@H]2O)[C@](C)(O)C[C@@H](C)CN(C)[C@H](C)[C@@H](O)[C@]1(C)O. The average Bonchev–Trinajstić information content (AvgIpc) is 1.52. The average molecular weight is 1340 g/mol. The molecule has 0 bridgehead atoms. The molecule has 1 aromatic rings. The number of aromatic hydroxyl groups is 1. The van der Waals surface area contributed by atoms with Crippen molar-refractivity contribution in [2.45, 2.75) is 328 Å². The Labute approximate surface area is 562 Å². The number of methoxy groups -OCH3 is 1. The minimum atomic E-state index is -1.80. The van der Waals surface area contributed by atoms with Gasteiger partial charge in [-0.05, 0) is 183 Å². The molecule has 6 rings (SSSR count). The first-order chi connectivity index (χ1) is 43.6. The maximum atomic E-state index is 14.2. The van der Waals surface area contributed by atoms with Gasteiger partial charge in [0.25, 0.3) is 0 Å². The Morgan fingerprint density at radius 3 is 2.06 bits per heavy atom. The minimum absolute atomic E-state index is 0.0157. The topological polar surface area (TPSA) is 314 Å². The number of carboxylic acids is 1. The Morgan fingerprint density at radius 2 is 1.51 bits per heavy atom. The van der Waals surface area contributed by atoms with Crippen molar-refractivity contribution >= 4 is 17.7 Å². The third-order valence-corrected chi connectivity index (χ3v) is 22.9. The molecule has 94 heavy (non-hydrogen) atoms. The lowest BCUT2D eigenvalue weighted by Crippen LogP contribution is -2.60. The van der Waals surface area contributed by atoms with Gasteiger partial charge >= 0.3 is 11.9 Å². The van der Waals surface area contributed by atoms with Crippen LogP contribution in [0.4, 0.5) is 0 Å². The van der Waals surface area contributed by atoms with Gasteiger partial charge < -0.3 is 93.7 Å². The number of hydrogen-bond donors (Lipinski definition) is 9. The van der Waals surface area contributed by atoms with Crippen LogP contribution >= 0.6 is 0 Å². The highest BCUT2D eigenvalue weighted by Gasteiger charge is 2.57. The van der Waals surface area contributed by atoms with Crippen molar-refractivity contribution in [1.82, 2.24) is 9.80 Å². The van der Waals surface area contributed by atoms with E-state index < -0.39 is 125 Å². The van der Waals surface area contributed by atoms with Gasteiger partial charge in [0, 0.05) is 49.9 Å². The second-order valence-corrected chi connectivity index (χ2v) is 30.4. The van der Waals surface area contributed by atoms with Gasteiger partial charge in [0.1, 0.15) is 47.1 Å². The number of nitrogens with zero attached hydrogens (tertiary/aromatic N) is 2. The number of carbonyl (C=O) groups is 3. The van der Waals surface area contributed by atoms with E-state index in [-0.39, 0.29) is 90.5 Å². The zero-order valence-electron chi connectivity index (χ0n) is 61.0. The van der Waals surface area contributed by atoms with Gasteiger partial charge in [0.2, 0.25) is 0 Å². The van der Waals surface area contributed by atoms with Crippen LogP contribution in [0.2, 0.25) is 0 Å². The fourth-order valence-corrected chi connectivity index (χ4v) is 16.2. The number of aryl methyl sites for hydroxylation is 2. The normalized spacial score (nSPS) is 42.1. The lowest BCUT2D eigenvalue weighted by Gasteiger charge is -2.48. The second-order valence-electron chi connectivity index (χ2n) is 30.4. The zero-order valence-corrected chi connectivity index (χ0v) is 61.0. The van der Waals surface area contributed by atoms with E-state index in [4.69, 9.17) is 37.9 Å². The summed E-state index contributed by atoms with van der Waals surface area (Å²) in [6, 6.07) is 2.59.